The number of carbonyl (C=O) groups excluding carboxylic acids is 1. The zero-order valence-corrected chi connectivity index (χ0v) is 19.8. The van der Waals surface area contributed by atoms with Crippen molar-refractivity contribution < 1.29 is 21.8 Å². The van der Waals surface area contributed by atoms with Crippen LogP contribution in [0.2, 0.25) is 0 Å². The van der Waals surface area contributed by atoms with E-state index in [0.29, 0.717) is 18.7 Å². The monoisotopic (exact) mass is 469 g/mol. The van der Waals surface area contributed by atoms with Crippen LogP contribution < -0.4 is 4.18 Å². The first-order valence-electron chi connectivity index (χ1n) is 10.8. The van der Waals surface area contributed by atoms with Crippen molar-refractivity contribution in [1.29, 1.82) is 0 Å². The van der Waals surface area contributed by atoms with Crippen LogP contribution in [0.1, 0.15) is 42.3 Å². The molecule has 7 heteroatoms. The van der Waals surface area contributed by atoms with Gasteiger partial charge in [0.1, 0.15) is 16.5 Å². The van der Waals surface area contributed by atoms with E-state index in [2.05, 4.69) is 20.8 Å². The summed E-state index contributed by atoms with van der Waals surface area (Å²) in [6.07, 6.45) is 0.912. The maximum absolute atomic E-state index is 13.1. The fourth-order valence-electron chi connectivity index (χ4n) is 3.37. The zero-order valence-electron chi connectivity index (χ0n) is 19.0. The molecule has 0 heterocycles. The molecule has 0 saturated heterocycles. The van der Waals surface area contributed by atoms with E-state index in [-0.39, 0.29) is 22.5 Å². The van der Waals surface area contributed by atoms with Gasteiger partial charge in [0.25, 0.3) is 5.91 Å². The fourth-order valence-corrected chi connectivity index (χ4v) is 4.30. The molecule has 0 aliphatic rings. The van der Waals surface area contributed by atoms with Gasteiger partial charge in [-0.1, -0.05) is 45.0 Å². The van der Waals surface area contributed by atoms with Crippen molar-refractivity contribution in [2.75, 3.05) is 6.54 Å². The Morgan fingerprint density at radius 2 is 1.48 bits per heavy atom. The highest BCUT2D eigenvalue weighted by atomic mass is 32.2. The van der Waals surface area contributed by atoms with E-state index in [1.807, 2.05) is 24.3 Å². The predicted molar refractivity (Wildman–Crippen MR) is 126 cm³/mol. The Labute approximate surface area is 194 Å². The van der Waals surface area contributed by atoms with Gasteiger partial charge in [0.2, 0.25) is 0 Å². The summed E-state index contributed by atoms with van der Waals surface area (Å²) in [4.78, 5) is 14.8. The second-order valence-corrected chi connectivity index (χ2v) is 9.81. The lowest BCUT2D eigenvalue weighted by Crippen LogP contribution is -2.33. The number of carbonyl (C=O) groups is 1. The lowest BCUT2D eigenvalue weighted by Gasteiger charge is -2.25. The summed E-state index contributed by atoms with van der Waals surface area (Å²) in [6, 6.07) is 18.6. The molecule has 3 aromatic rings. The fraction of sp³-hybridized carbons (Fsp3) is 0.269. The van der Waals surface area contributed by atoms with Crippen molar-refractivity contribution >= 4 is 16.0 Å². The summed E-state index contributed by atoms with van der Waals surface area (Å²) in [5.41, 5.74) is 2.66. The van der Waals surface area contributed by atoms with Gasteiger partial charge >= 0.3 is 10.1 Å². The SMILES string of the molecule is CCc1ccc(C(=O)N(Cc2ccc(OS(=O)(=O)c3ccc(F)cc3)cc2)CC(C)C)cc1. The van der Waals surface area contributed by atoms with Gasteiger partial charge in [0, 0.05) is 18.7 Å². The van der Waals surface area contributed by atoms with Crippen LogP contribution in [0.25, 0.3) is 0 Å². The molecule has 33 heavy (non-hydrogen) atoms. The van der Waals surface area contributed by atoms with Crippen LogP contribution in [0.3, 0.4) is 0 Å². The maximum Gasteiger partial charge on any atom is 0.339 e. The highest BCUT2D eigenvalue weighted by Gasteiger charge is 2.19. The Kier molecular flexibility index (Phi) is 7.87. The number of halogens is 1. The van der Waals surface area contributed by atoms with E-state index < -0.39 is 15.9 Å². The first-order chi connectivity index (χ1) is 15.7. The van der Waals surface area contributed by atoms with Crippen LogP contribution in [0.4, 0.5) is 4.39 Å². The number of rotatable bonds is 9. The standard InChI is InChI=1S/C26H28FNO4S/c1-4-20-5-9-22(10-6-20)26(29)28(17-19(2)3)18-21-7-13-24(14-8-21)32-33(30,31)25-15-11-23(27)12-16-25/h5-16,19H,4,17-18H2,1-3H3. The van der Waals surface area contributed by atoms with Crippen molar-refractivity contribution in [2.24, 2.45) is 5.92 Å². The van der Waals surface area contributed by atoms with Gasteiger partial charge in [-0.25, -0.2) is 4.39 Å². The van der Waals surface area contributed by atoms with Crippen LogP contribution in [0, 0.1) is 11.7 Å². The third-order valence-electron chi connectivity index (χ3n) is 5.09. The summed E-state index contributed by atoms with van der Waals surface area (Å²) >= 11 is 0. The van der Waals surface area contributed by atoms with Crippen molar-refractivity contribution in [2.45, 2.75) is 38.6 Å². The molecule has 0 aliphatic heterocycles. The van der Waals surface area contributed by atoms with E-state index in [9.17, 15) is 17.6 Å². The highest BCUT2D eigenvalue weighted by Crippen LogP contribution is 2.21. The van der Waals surface area contributed by atoms with Crippen molar-refractivity contribution in [1.82, 2.24) is 4.90 Å². The molecule has 0 spiro atoms. The molecule has 0 unspecified atom stereocenters. The molecule has 0 saturated carbocycles. The second kappa shape index (κ2) is 10.6. The molecular formula is C26H28FNO4S. The number of hydrogen-bond donors (Lipinski definition) is 0. The molecule has 0 N–H and O–H groups in total. The van der Waals surface area contributed by atoms with Crippen LogP contribution in [-0.4, -0.2) is 25.8 Å². The van der Waals surface area contributed by atoms with Crippen molar-refractivity contribution in [3.05, 3.63) is 95.3 Å². The molecule has 1 amide bonds. The average molecular weight is 470 g/mol. The predicted octanol–water partition coefficient (Wildman–Crippen LogP) is 5.45. The molecular weight excluding hydrogens is 441 g/mol. The quantitative estimate of drug-likeness (QED) is 0.391. The van der Waals surface area contributed by atoms with Crippen molar-refractivity contribution in [3.63, 3.8) is 0 Å². The highest BCUT2D eigenvalue weighted by molar-refractivity contribution is 7.87. The number of amides is 1. The van der Waals surface area contributed by atoms with Crippen molar-refractivity contribution in [3.8, 4) is 5.75 Å². The molecule has 3 rings (SSSR count). The Morgan fingerprint density at radius 1 is 0.909 bits per heavy atom. The molecule has 3 aromatic carbocycles. The molecule has 174 valence electrons. The minimum Gasteiger partial charge on any atom is -0.379 e. The van der Waals surface area contributed by atoms with E-state index in [1.54, 1.807) is 29.2 Å². The Hall–Kier alpha value is -3.19. The molecule has 5 nitrogen and oxygen atoms in total. The van der Waals surface area contributed by atoms with Gasteiger partial charge in [0.15, 0.2) is 0 Å². The maximum atomic E-state index is 13.1. The number of aryl methyl sites for hydroxylation is 1. The Morgan fingerprint density at radius 3 is 2.03 bits per heavy atom. The van der Waals surface area contributed by atoms with Gasteiger partial charge in [0.05, 0.1) is 0 Å². The van der Waals surface area contributed by atoms with Crippen LogP contribution in [0.15, 0.2) is 77.7 Å². The van der Waals surface area contributed by atoms with Gasteiger partial charge in [-0.2, -0.15) is 8.42 Å². The number of hydrogen-bond acceptors (Lipinski definition) is 4. The van der Waals surface area contributed by atoms with E-state index >= 15 is 0 Å². The lowest BCUT2D eigenvalue weighted by molar-refractivity contribution is 0.0722. The summed E-state index contributed by atoms with van der Waals surface area (Å²) in [5.74, 6) is -0.155. The molecule has 0 fully saturated rings. The lowest BCUT2D eigenvalue weighted by atomic mass is 10.1. The van der Waals surface area contributed by atoms with Crippen LogP contribution >= 0.6 is 0 Å². The zero-order chi connectivity index (χ0) is 24.0. The number of benzene rings is 3. The summed E-state index contributed by atoms with van der Waals surface area (Å²) in [7, 11) is -4.07. The summed E-state index contributed by atoms with van der Waals surface area (Å²) in [6.45, 7) is 7.15. The molecule has 0 atom stereocenters. The first-order valence-corrected chi connectivity index (χ1v) is 12.3. The summed E-state index contributed by atoms with van der Waals surface area (Å²) in [5, 5.41) is 0. The molecule has 0 aromatic heterocycles. The topological polar surface area (TPSA) is 63.7 Å². The van der Waals surface area contributed by atoms with Gasteiger partial charge in [-0.15, -0.1) is 0 Å². The average Bonchev–Trinajstić information content (AvgIpc) is 2.79. The molecule has 0 bridgehead atoms. The van der Waals surface area contributed by atoms with Gasteiger partial charge in [-0.3, -0.25) is 4.79 Å². The molecule has 0 radical (unpaired) electrons. The van der Waals surface area contributed by atoms with E-state index in [1.165, 1.54) is 5.56 Å². The van der Waals surface area contributed by atoms with Crippen LogP contribution in [-0.2, 0) is 23.1 Å². The second-order valence-electron chi connectivity index (χ2n) is 8.27. The number of nitrogens with zero attached hydrogens (tertiary/aromatic N) is 1. The Bertz CT molecular complexity index is 1170. The normalized spacial score (nSPS) is 11.4. The molecule has 0 aliphatic carbocycles. The van der Waals surface area contributed by atoms with Gasteiger partial charge in [-0.05, 0) is 72.0 Å². The third kappa shape index (κ3) is 6.65. The largest absolute Gasteiger partial charge is 0.379 e. The smallest absolute Gasteiger partial charge is 0.339 e. The minimum atomic E-state index is -4.07. The summed E-state index contributed by atoms with van der Waals surface area (Å²) < 4.78 is 43.0. The van der Waals surface area contributed by atoms with Crippen LogP contribution in [0.5, 0.6) is 5.75 Å². The van der Waals surface area contributed by atoms with Gasteiger partial charge < -0.3 is 9.08 Å². The third-order valence-corrected chi connectivity index (χ3v) is 6.35. The van der Waals surface area contributed by atoms with E-state index in [4.69, 9.17) is 4.18 Å². The minimum absolute atomic E-state index is 0.0504. The van der Waals surface area contributed by atoms with E-state index in [0.717, 1.165) is 36.2 Å². The first kappa shape index (κ1) is 24.5. The Balaban J connectivity index is 1.73.